The van der Waals surface area contributed by atoms with E-state index in [0.29, 0.717) is 0 Å². The Morgan fingerprint density at radius 1 is 1.25 bits per heavy atom. The second-order valence-electron chi connectivity index (χ2n) is 2.85. The third-order valence-electron chi connectivity index (χ3n) is 1.76. The number of hydrogen-bond acceptors (Lipinski definition) is 3. The maximum atomic E-state index is 8.81. The SMILES string of the molecule is CCCCCc1cnc(O)nc1. The molecular weight excluding hydrogens is 152 g/mol. The Labute approximate surface area is 72.5 Å². The van der Waals surface area contributed by atoms with E-state index in [4.69, 9.17) is 5.11 Å². The van der Waals surface area contributed by atoms with Crippen LogP contribution in [0.15, 0.2) is 12.4 Å². The minimum absolute atomic E-state index is 0.144. The van der Waals surface area contributed by atoms with E-state index in [0.717, 1.165) is 12.0 Å². The fourth-order valence-electron chi connectivity index (χ4n) is 1.06. The largest absolute Gasteiger partial charge is 0.479 e. The first kappa shape index (κ1) is 8.97. The molecule has 0 aliphatic carbocycles. The van der Waals surface area contributed by atoms with Crippen molar-refractivity contribution in [2.75, 3.05) is 0 Å². The van der Waals surface area contributed by atoms with Crippen LogP contribution in [-0.4, -0.2) is 15.1 Å². The first-order valence-corrected chi connectivity index (χ1v) is 4.33. The van der Waals surface area contributed by atoms with Gasteiger partial charge in [0.15, 0.2) is 0 Å². The third-order valence-corrected chi connectivity index (χ3v) is 1.76. The standard InChI is InChI=1S/C9H14N2O/c1-2-3-4-5-8-6-10-9(12)11-7-8/h6-7H,2-5H2,1H3,(H,10,11,12). The maximum Gasteiger partial charge on any atom is 0.313 e. The third kappa shape index (κ3) is 2.86. The van der Waals surface area contributed by atoms with Crippen LogP contribution in [0.25, 0.3) is 0 Å². The Balaban J connectivity index is 2.37. The highest BCUT2D eigenvalue weighted by Gasteiger charge is 1.94. The predicted octanol–water partition coefficient (Wildman–Crippen LogP) is 1.91. The van der Waals surface area contributed by atoms with E-state index < -0.39 is 0 Å². The molecule has 1 heterocycles. The Kier molecular flexibility index (Phi) is 3.51. The average Bonchev–Trinajstić information content (AvgIpc) is 2.09. The van der Waals surface area contributed by atoms with Crippen molar-refractivity contribution >= 4 is 0 Å². The molecule has 12 heavy (non-hydrogen) atoms. The van der Waals surface area contributed by atoms with Gasteiger partial charge in [-0.15, -0.1) is 0 Å². The normalized spacial score (nSPS) is 10.1. The van der Waals surface area contributed by atoms with Gasteiger partial charge in [-0.25, -0.2) is 9.97 Å². The number of nitrogens with zero attached hydrogens (tertiary/aromatic N) is 2. The van der Waals surface area contributed by atoms with Crippen LogP contribution in [0.3, 0.4) is 0 Å². The van der Waals surface area contributed by atoms with Crippen molar-refractivity contribution in [1.29, 1.82) is 0 Å². The molecule has 0 atom stereocenters. The van der Waals surface area contributed by atoms with Crippen molar-refractivity contribution in [3.63, 3.8) is 0 Å². The summed E-state index contributed by atoms with van der Waals surface area (Å²) in [5.74, 6) is 0. The van der Waals surface area contributed by atoms with Crippen LogP contribution in [0.2, 0.25) is 0 Å². The summed E-state index contributed by atoms with van der Waals surface area (Å²) in [6.45, 7) is 2.17. The molecule has 0 radical (unpaired) electrons. The van der Waals surface area contributed by atoms with Crippen molar-refractivity contribution in [1.82, 2.24) is 9.97 Å². The van der Waals surface area contributed by atoms with Gasteiger partial charge in [-0.3, -0.25) is 0 Å². The van der Waals surface area contributed by atoms with E-state index in [1.54, 1.807) is 12.4 Å². The number of aromatic hydroxyl groups is 1. The van der Waals surface area contributed by atoms with Crippen LogP contribution in [0.5, 0.6) is 6.01 Å². The smallest absolute Gasteiger partial charge is 0.313 e. The monoisotopic (exact) mass is 166 g/mol. The topological polar surface area (TPSA) is 46.0 Å². The van der Waals surface area contributed by atoms with E-state index in [-0.39, 0.29) is 6.01 Å². The van der Waals surface area contributed by atoms with Crippen molar-refractivity contribution in [2.45, 2.75) is 32.6 Å². The van der Waals surface area contributed by atoms with Gasteiger partial charge in [0.1, 0.15) is 0 Å². The number of unbranched alkanes of at least 4 members (excludes halogenated alkanes) is 2. The second-order valence-corrected chi connectivity index (χ2v) is 2.85. The molecule has 3 nitrogen and oxygen atoms in total. The lowest BCUT2D eigenvalue weighted by atomic mass is 10.1. The van der Waals surface area contributed by atoms with Gasteiger partial charge in [0.2, 0.25) is 0 Å². The zero-order chi connectivity index (χ0) is 8.81. The van der Waals surface area contributed by atoms with Crippen LogP contribution < -0.4 is 0 Å². The van der Waals surface area contributed by atoms with E-state index in [1.807, 2.05) is 0 Å². The first-order chi connectivity index (χ1) is 5.83. The second kappa shape index (κ2) is 4.70. The number of rotatable bonds is 4. The fraction of sp³-hybridized carbons (Fsp3) is 0.556. The summed E-state index contributed by atoms with van der Waals surface area (Å²) in [6, 6.07) is -0.144. The van der Waals surface area contributed by atoms with Gasteiger partial charge in [-0.05, 0) is 18.4 Å². The average molecular weight is 166 g/mol. The minimum Gasteiger partial charge on any atom is -0.479 e. The van der Waals surface area contributed by atoms with Gasteiger partial charge in [0.05, 0.1) is 0 Å². The fourth-order valence-corrected chi connectivity index (χ4v) is 1.06. The summed E-state index contributed by atoms with van der Waals surface area (Å²) < 4.78 is 0. The zero-order valence-electron chi connectivity index (χ0n) is 7.32. The highest BCUT2D eigenvalue weighted by atomic mass is 16.3. The van der Waals surface area contributed by atoms with Crippen LogP contribution in [0.4, 0.5) is 0 Å². The lowest BCUT2D eigenvalue weighted by Gasteiger charge is -1.98. The Morgan fingerprint density at radius 3 is 2.50 bits per heavy atom. The van der Waals surface area contributed by atoms with Gasteiger partial charge >= 0.3 is 6.01 Å². The summed E-state index contributed by atoms with van der Waals surface area (Å²) in [7, 11) is 0. The van der Waals surface area contributed by atoms with E-state index in [9.17, 15) is 0 Å². The highest BCUT2D eigenvalue weighted by molar-refractivity contribution is 5.06. The molecule has 0 saturated carbocycles. The van der Waals surface area contributed by atoms with Gasteiger partial charge in [0.25, 0.3) is 0 Å². The van der Waals surface area contributed by atoms with Crippen molar-refractivity contribution < 1.29 is 5.11 Å². The van der Waals surface area contributed by atoms with Crippen molar-refractivity contribution in [2.24, 2.45) is 0 Å². The summed E-state index contributed by atoms with van der Waals surface area (Å²) in [5, 5.41) is 8.81. The molecule has 1 N–H and O–H groups in total. The van der Waals surface area contributed by atoms with Crippen LogP contribution in [0, 0.1) is 0 Å². The molecule has 66 valence electrons. The molecule has 0 fully saturated rings. The Bertz CT molecular complexity index is 220. The molecule has 0 aliphatic heterocycles. The maximum absolute atomic E-state index is 8.81. The number of aromatic nitrogens is 2. The van der Waals surface area contributed by atoms with Crippen molar-refractivity contribution in [3.05, 3.63) is 18.0 Å². The highest BCUT2D eigenvalue weighted by Crippen LogP contribution is 2.05. The zero-order valence-corrected chi connectivity index (χ0v) is 7.32. The van der Waals surface area contributed by atoms with Gasteiger partial charge in [-0.1, -0.05) is 19.8 Å². The lowest BCUT2D eigenvalue weighted by molar-refractivity contribution is 0.429. The first-order valence-electron chi connectivity index (χ1n) is 4.33. The summed E-state index contributed by atoms with van der Waals surface area (Å²) in [6.07, 6.45) is 7.99. The van der Waals surface area contributed by atoms with E-state index >= 15 is 0 Å². The summed E-state index contributed by atoms with van der Waals surface area (Å²) >= 11 is 0. The van der Waals surface area contributed by atoms with Crippen LogP contribution >= 0.6 is 0 Å². The van der Waals surface area contributed by atoms with Gasteiger partial charge < -0.3 is 5.11 Å². The molecule has 0 bridgehead atoms. The molecule has 0 spiro atoms. The van der Waals surface area contributed by atoms with Gasteiger partial charge in [0, 0.05) is 12.4 Å². The molecule has 0 aliphatic rings. The summed E-state index contributed by atoms with van der Waals surface area (Å²) in [4.78, 5) is 7.40. The molecule has 0 amide bonds. The summed E-state index contributed by atoms with van der Waals surface area (Å²) in [5.41, 5.74) is 1.10. The van der Waals surface area contributed by atoms with E-state index in [1.165, 1.54) is 19.3 Å². The van der Waals surface area contributed by atoms with Crippen molar-refractivity contribution in [3.8, 4) is 6.01 Å². The van der Waals surface area contributed by atoms with E-state index in [2.05, 4.69) is 16.9 Å². The molecule has 0 unspecified atom stereocenters. The quantitative estimate of drug-likeness (QED) is 0.695. The molecular formula is C9H14N2O. The molecule has 1 rings (SSSR count). The van der Waals surface area contributed by atoms with Crippen LogP contribution in [0.1, 0.15) is 31.7 Å². The molecule has 1 aromatic heterocycles. The van der Waals surface area contributed by atoms with Crippen LogP contribution in [-0.2, 0) is 6.42 Å². The predicted molar refractivity (Wildman–Crippen MR) is 46.9 cm³/mol. The lowest BCUT2D eigenvalue weighted by Crippen LogP contribution is -1.88. The number of aryl methyl sites for hydroxylation is 1. The van der Waals surface area contributed by atoms with Gasteiger partial charge in [-0.2, -0.15) is 0 Å². The molecule has 1 aromatic rings. The Hall–Kier alpha value is -1.12. The molecule has 0 aromatic carbocycles. The number of hydrogen-bond donors (Lipinski definition) is 1. The minimum atomic E-state index is -0.144. The Morgan fingerprint density at radius 2 is 1.92 bits per heavy atom. The molecule has 3 heteroatoms. The molecule has 0 saturated heterocycles.